The number of esters is 1. The van der Waals surface area contributed by atoms with E-state index in [9.17, 15) is 22.8 Å². The molecule has 23 heavy (non-hydrogen) atoms. The van der Waals surface area contributed by atoms with Crippen molar-refractivity contribution in [3.8, 4) is 0 Å². The third kappa shape index (κ3) is 2.54. The molecule has 1 fully saturated rings. The monoisotopic (exact) mass is 389 g/mol. The van der Waals surface area contributed by atoms with Gasteiger partial charge >= 0.3 is 5.97 Å². The van der Waals surface area contributed by atoms with Gasteiger partial charge in [0.15, 0.2) is 11.6 Å². The molecule has 122 valence electrons. The predicted molar refractivity (Wildman–Crippen MR) is 80.3 cm³/mol. The Balaban J connectivity index is 2.38. The number of halogens is 4. The lowest BCUT2D eigenvalue weighted by Crippen LogP contribution is -2.21. The van der Waals surface area contributed by atoms with Crippen LogP contribution in [0.5, 0.6) is 0 Å². The maximum atomic E-state index is 13.8. The molecular weight excluding hydrogens is 379 g/mol. The summed E-state index contributed by atoms with van der Waals surface area (Å²) in [5, 5.41) is -0.208. The van der Waals surface area contributed by atoms with Crippen LogP contribution >= 0.6 is 15.9 Å². The normalized spacial score (nSPS) is 19.9. The second-order valence-electron chi connectivity index (χ2n) is 5.20. The van der Waals surface area contributed by atoms with Gasteiger partial charge < -0.3 is 9.30 Å². The van der Waals surface area contributed by atoms with Gasteiger partial charge in [-0.05, 0) is 28.9 Å². The number of fused-ring (bicyclic) bond motifs is 1. The second kappa shape index (κ2) is 5.67. The third-order valence-corrected chi connectivity index (χ3v) is 4.41. The number of aromatic nitrogens is 1. The quantitative estimate of drug-likeness (QED) is 0.596. The summed E-state index contributed by atoms with van der Waals surface area (Å²) in [6.45, 7) is 1.62. The van der Waals surface area contributed by atoms with E-state index in [0.717, 1.165) is 6.20 Å². The number of carbonyl (C=O) groups excluding carboxylic acids is 1. The van der Waals surface area contributed by atoms with Gasteiger partial charge in [0.1, 0.15) is 11.7 Å². The number of ether oxygens (including phenoxy) is 1. The van der Waals surface area contributed by atoms with Crippen molar-refractivity contribution >= 4 is 32.8 Å². The van der Waals surface area contributed by atoms with Crippen LogP contribution in [-0.2, 0) is 4.74 Å². The SMILES string of the molecule is CCOC(=O)c1cn([C@@H]2C[C@H]2F)c2c(Br)c(F)c(F)cc2c1=O. The zero-order chi connectivity index (χ0) is 16.9. The van der Waals surface area contributed by atoms with Crippen LogP contribution in [0.3, 0.4) is 0 Å². The first kappa shape index (κ1) is 16.0. The van der Waals surface area contributed by atoms with Gasteiger partial charge in [-0.3, -0.25) is 4.79 Å². The molecule has 1 heterocycles. The Morgan fingerprint density at radius 3 is 2.70 bits per heavy atom. The Labute approximate surface area is 137 Å². The van der Waals surface area contributed by atoms with E-state index in [0.29, 0.717) is 6.07 Å². The molecule has 0 aliphatic heterocycles. The molecule has 8 heteroatoms. The van der Waals surface area contributed by atoms with E-state index in [4.69, 9.17) is 4.74 Å². The Hall–Kier alpha value is -1.83. The van der Waals surface area contributed by atoms with Gasteiger partial charge in [-0.25, -0.2) is 18.0 Å². The molecule has 0 radical (unpaired) electrons. The van der Waals surface area contributed by atoms with Crippen LogP contribution in [0, 0.1) is 11.6 Å². The van der Waals surface area contributed by atoms with Crippen LogP contribution < -0.4 is 5.43 Å². The largest absolute Gasteiger partial charge is 0.462 e. The number of rotatable bonds is 3. The maximum absolute atomic E-state index is 13.8. The lowest BCUT2D eigenvalue weighted by Gasteiger charge is -2.14. The van der Waals surface area contributed by atoms with Gasteiger partial charge in [-0.1, -0.05) is 0 Å². The van der Waals surface area contributed by atoms with Crippen molar-refractivity contribution < 1.29 is 22.7 Å². The van der Waals surface area contributed by atoms with E-state index in [1.165, 1.54) is 4.57 Å². The van der Waals surface area contributed by atoms with Gasteiger partial charge in [0.25, 0.3) is 0 Å². The standard InChI is InChI=1S/C15H11BrF3NO3/c1-2-23-15(22)7-5-20(10-4-8(10)17)13-6(14(7)21)3-9(18)12(19)11(13)16/h3,5,8,10H,2,4H2,1H3/t8-,10-/m1/s1. The first-order chi connectivity index (χ1) is 10.9. The molecule has 0 spiro atoms. The Morgan fingerprint density at radius 2 is 2.13 bits per heavy atom. The zero-order valence-corrected chi connectivity index (χ0v) is 13.5. The van der Waals surface area contributed by atoms with E-state index >= 15 is 0 Å². The van der Waals surface area contributed by atoms with E-state index < -0.39 is 35.2 Å². The Bertz CT molecular complexity index is 881. The molecule has 0 bridgehead atoms. The van der Waals surface area contributed by atoms with Crippen molar-refractivity contribution in [2.45, 2.75) is 25.6 Å². The molecule has 1 aliphatic rings. The zero-order valence-electron chi connectivity index (χ0n) is 11.9. The fourth-order valence-electron chi connectivity index (χ4n) is 2.47. The lowest BCUT2D eigenvalue weighted by atomic mass is 10.1. The van der Waals surface area contributed by atoms with Crippen LogP contribution in [0.4, 0.5) is 13.2 Å². The first-order valence-electron chi connectivity index (χ1n) is 6.90. The summed E-state index contributed by atoms with van der Waals surface area (Å²) >= 11 is 2.91. The van der Waals surface area contributed by atoms with Gasteiger partial charge in [0, 0.05) is 12.6 Å². The molecule has 4 nitrogen and oxygen atoms in total. The minimum absolute atomic E-state index is 0.0205. The second-order valence-corrected chi connectivity index (χ2v) is 5.99. The topological polar surface area (TPSA) is 48.3 Å². The number of nitrogens with zero attached hydrogens (tertiary/aromatic N) is 1. The van der Waals surface area contributed by atoms with E-state index in [-0.39, 0.29) is 34.0 Å². The van der Waals surface area contributed by atoms with E-state index in [2.05, 4.69) is 15.9 Å². The Morgan fingerprint density at radius 1 is 1.48 bits per heavy atom. The van der Waals surface area contributed by atoms with Crippen LogP contribution in [0.25, 0.3) is 10.9 Å². The summed E-state index contributed by atoms with van der Waals surface area (Å²) in [6, 6.07) is 0.0829. The molecule has 1 aromatic heterocycles. The molecule has 2 aromatic rings. The smallest absolute Gasteiger partial charge is 0.343 e. The number of carbonyl (C=O) groups is 1. The number of hydrogen-bond donors (Lipinski definition) is 0. The maximum Gasteiger partial charge on any atom is 0.343 e. The predicted octanol–water partition coefficient (Wildman–Crippen LogP) is 3.50. The molecule has 2 atom stereocenters. The van der Waals surface area contributed by atoms with Crippen molar-refractivity contribution in [3.63, 3.8) is 0 Å². The van der Waals surface area contributed by atoms with Crippen LogP contribution in [-0.4, -0.2) is 23.3 Å². The molecule has 1 aliphatic carbocycles. The fraction of sp³-hybridized carbons (Fsp3) is 0.333. The number of alkyl halides is 1. The molecule has 0 saturated heterocycles. The molecule has 0 N–H and O–H groups in total. The van der Waals surface area contributed by atoms with Crippen LogP contribution in [0.2, 0.25) is 0 Å². The van der Waals surface area contributed by atoms with Crippen molar-refractivity contribution in [1.82, 2.24) is 4.57 Å². The number of pyridine rings is 1. The summed E-state index contributed by atoms with van der Waals surface area (Å²) in [7, 11) is 0. The summed E-state index contributed by atoms with van der Waals surface area (Å²) < 4.78 is 46.8. The van der Waals surface area contributed by atoms with Crippen molar-refractivity contribution in [2.24, 2.45) is 0 Å². The highest BCUT2D eigenvalue weighted by Crippen LogP contribution is 2.42. The highest BCUT2D eigenvalue weighted by molar-refractivity contribution is 9.10. The fourth-order valence-corrected chi connectivity index (χ4v) is 3.08. The van der Waals surface area contributed by atoms with Gasteiger partial charge in [0.05, 0.1) is 28.0 Å². The Kier molecular flexibility index (Phi) is 3.95. The van der Waals surface area contributed by atoms with Crippen molar-refractivity contribution in [2.75, 3.05) is 6.61 Å². The summed E-state index contributed by atoms with van der Waals surface area (Å²) in [4.78, 5) is 24.3. The highest BCUT2D eigenvalue weighted by atomic mass is 79.9. The van der Waals surface area contributed by atoms with E-state index in [1.54, 1.807) is 6.92 Å². The molecule has 1 saturated carbocycles. The van der Waals surface area contributed by atoms with Gasteiger partial charge in [-0.2, -0.15) is 0 Å². The molecule has 0 unspecified atom stereocenters. The van der Waals surface area contributed by atoms with Gasteiger partial charge in [-0.15, -0.1) is 0 Å². The minimum Gasteiger partial charge on any atom is -0.462 e. The highest BCUT2D eigenvalue weighted by Gasteiger charge is 2.40. The summed E-state index contributed by atoms with van der Waals surface area (Å²) in [5.74, 6) is -3.29. The van der Waals surface area contributed by atoms with Crippen molar-refractivity contribution in [1.29, 1.82) is 0 Å². The first-order valence-corrected chi connectivity index (χ1v) is 7.69. The minimum atomic E-state index is -1.23. The average Bonchev–Trinajstić information content (AvgIpc) is 3.23. The molecular formula is C15H11BrF3NO3. The lowest BCUT2D eigenvalue weighted by molar-refractivity contribution is 0.0524. The average molecular weight is 390 g/mol. The number of benzene rings is 1. The third-order valence-electron chi connectivity index (χ3n) is 3.69. The summed E-state index contributed by atoms with van der Waals surface area (Å²) in [5.41, 5.74) is -1.10. The van der Waals surface area contributed by atoms with Crippen LogP contribution in [0.1, 0.15) is 29.7 Å². The molecule has 0 amide bonds. The molecule has 1 aromatic carbocycles. The van der Waals surface area contributed by atoms with Gasteiger partial charge in [0.2, 0.25) is 5.43 Å². The van der Waals surface area contributed by atoms with Crippen molar-refractivity contribution in [3.05, 3.63) is 44.2 Å². The number of hydrogen-bond acceptors (Lipinski definition) is 3. The van der Waals surface area contributed by atoms with Crippen LogP contribution in [0.15, 0.2) is 21.5 Å². The molecule has 3 rings (SSSR count). The summed E-state index contributed by atoms with van der Waals surface area (Å²) in [6.07, 6.45) is 0.150. The van der Waals surface area contributed by atoms with E-state index in [1.807, 2.05) is 0 Å².